The zero-order valence-corrected chi connectivity index (χ0v) is 8.27. The van der Waals surface area contributed by atoms with Gasteiger partial charge in [0.15, 0.2) is 0 Å². The summed E-state index contributed by atoms with van der Waals surface area (Å²) in [7, 11) is 0. The topological polar surface area (TPSA) is 54.7 Å². The van der Waals surface area contributed by atoms with Gasteiger partial charge in [0, 0.05) is 23.1 Å². The highest BCUT2D eigenvalue weighted by Crippen LogP contribution is 2.51. The van der Waals surface area contributed by atoms with Crippen LogP contribution in [0.3, 0.4) is 0 Å². The summed E-state index contributed by atoms with van der Waals surface area (Å²) in [6.07, 6.45) is 4.70. The lowest BCUT2D eigenvalue weighted by molar-refractivity contribution is 0.590. The summed E-state index contributed by atoms with van der Waals surface area (Å²) in [4.78, 5) is 0. The molecule has 13 heavy (non-hydrogen) atoms. The molecule has 1 aromatic heterocycles. The van der Waals surface area contributed by atoms with Crippen LogP contribution in [-0.4, -0.2) is 16.1 Å². The Bertz CT molecular complexity index is 291. The lowest BCUT2D eigenvalue weighted by Gasteiger charge is -2.10. The first-order chi connectivity index (χ1) is 6.27. The Morgan fingerprint density at radius 2 is 2.38 bits per heavy atom. The Morgan fingerprint density at radius 1 is 1.62 bits per heavy atom. The fourth-order valence-electron chi connectivity index (χ4n) is 1.82. The third-order valence-electron chi connectivity index (χ3n) is 2.81. The lowest BCUT2D eigenvalue weighted by atomic mass is 9.97. The average Bonchev–Trinajstić information content (AvgIpc) is 2.80. The minimum absolute atomic E-state index is 0.333. The normalized spacial score (nSPS) is 18.8. The van der Waals surface area contributed by atoms with Crippen LogP contribution >= 0.6 is 11.6 Å². The van der Waals surface area contributed by atoms with E-state index in [1.807, 2.05) is 6.07 Å². The Hall–Kier alpha value is -0.700. The van der Waals surface area contributed by atoms with Crippen LogP contribution in [0.15, 0.2) is 6.07 Å². The third kappa shape index (κ3) is 1.66. The molecule has 1 aliphatic carbocycles. The summed E-state index contributed by atoms with van der Waals surface area (Å²) in [6, 6.07) is 1.95. The number of hydrogen-bond acceptors (Lipinski definition) is 2. The highest BCUT2D eigenvalue weighted by molar-refractivity contribution is 6.17. The molecule has 0 radical (unpaired) electrons. The van der Waals surface area contributed by atoms with Crippen molar-refractivity contribution in [1.29, 1.82) is 0 Å². The molecule has 0 aliphatic heterocycles. The second kappa shape index (κ2) is 3.22. The zero-order chi connectivity index (χ0) is 9.31. The minimum Gasteiger partial charge on any atom is -0.382 e. The van der Waals surface area contributed by atoms with Crippen molar-refractivity contribution in [2.75, 3.05) is 11.6 Å². The molecular formula is C9H14ClN3. The number of hydrogen-bond donors (Lipinski definition) is 2. The monoisotopic (exact) mass is 199 g/mol. The van der Waals surface area contributed by atoms with Crippen LogP contribution in [0.5, 0.6) is 0 Å². The van der Waals surface area contributed by atoms with Gasteiger partial charge in [-0.25, -0.2) is 0 Å². The predicted octanol–water partition coefficient (Wildman–Crippen LogP) is 2.04. The molecule has 0 saturated heterocycles. The van der Waals surface area contributed by atoms with Crippen molar-refractivity contribution in [1.82, 2.24) is 10.2 Å². The van der Waals surface area contributed by atoms with Crippen LogP contribution in [0.4, 0.5) is 5.82 Å². The van der Waals surface area contributed by atoms with E-state index in [0.29, 0.717) is 11.2 Å². The highest BCUT2D eigenvalue weighted by Gasteiger charge is 2.44. The molecule has 3 nitrogen and oxygen atoms in total. The number of nitrogens with one attached hydrogen (secondary N) is 1. The number of aromatic amines is 1. The molecule has 1 heterocycles. The van der Waals surface area contributed by atoms with Crippen molar-refractivity contribution in [2.24, 2.45) is 0 Å². The number of nitrogens with zero attached hydrogens (tertiary/aromatic N) is 1. The number of halogens is 1. The van der Waals surface area contributed by atoms with Gasteiger partial charge in [0.05, 0.1) is 0 Å². The number of H-pyrrole nitrogens is 1. The molecule has 0 bridgehead atoms. The molecule has 0 atom stereocenters. The van der Waals surface area contributed by atoms with Crippen molar-refractivity contribution < 1.29 is 0 Å². The van der Waals surface area contributed by atoms with E-state index in [4.69, 9.17) is 17.3 Å². The van der Waals surface area contributed by atoms with Gasteiger partial charge in [-0.2, -0.15) is 5.10 Å². The highest BCUT2D eigenvalue weighted by atomic mass is 35.5. The summed E-state index contributed by atoms with van der Waals surface area (Å²) >= 11 is 5.68. The first kappa shape index (κ1) is 8.88. The standard InChI is InChI=1S/C9H14ClN3/c10-5-1-2-9(3-4-9)7-6-8(11)13-12-7/h6H,1-5H2,(H3,11,12,13). The van der Waals surface area contributed by atoms with Crippen LogP contribution in [0, 0.1) is 0 Å². The number of rotatable bonds is 4. The summed E-state index contributed by atoms with van der Waals surface area (Å²) in [5, 5.41) is 6.95. The first-order valence-electron chi connectivity index (χ1n) is 4.64. The van der Waals surface area contributed by atoms with E-state index in [1.165, 1.54) is 18.5 Å². The van der Waals surface area contributed by atoms with Crippen molar-refractivity contribution in [3.63, 3.8) is 0 Å². The maximum atomic E-state index is 5.68. The van der Waals surface area contributed by atoms with E-state index in [-0.39, 0.29) is 0 Å². The molecule has 4 heteroatoms. The molecule has 0 unspecified atom stereocenters. The van der Waals surface area contributed by atoms with E-state index >= 15 is 0 Å². The van der Waals surface area contributed by atoms with Gasteiger partial charge in [0.1, 0.15) is 5.82 Å². The van der Waals surface area contributed by atoms with Crippen molar-refractivity contribution in [3.05, 3.63) is 11.8 Å². The second-order valence-corrected chi connectivity index (χ2v) is 4.16. The van der Waals surface area contributed by atoms with Gasteiger partial charge < -0.3 is 5.73 Å². The number of alkyl halides is 1. The molecule has 0 spiro atoms. The third-order valence-corrected chi connectivity index (χ3v) is 3.08. The van der Waals surface area contributed by atoms with Crippen LogP contribution < -0.4 is 5.73 Å². The van der Waals surface area contributed by atoms with Gasteiger partial charge in [-0.15, -0.1) is 11.6 Å². The van der Waals surface area contributed by atoms with E-state index in [2.05, 4.69) is 10.2 Å². The van der Waals surface area contributed by atoms with Gasteiger partial charge in [-0.1, -0.05) is 0 Å². The van der Waals surface area contributed by atoms with Crippen LogP contribution in [0.25, 0.3) is 0 Å². The molecule has 1 aromatic rings. The molecular weight excluding hydrogens is 186 g/mol. The maximum absolute atomic E-state index is 5.68. The summed E-state index contributed by atoms with van der Waals surface area (Å²) in [6.45, 7) is 0. The van der Waals surface area contributed by atoms with E-state index in [9.17, 15) is 0 Å². The van der Waals surface area contributed by atoms with Gasteiger partial charge >= 0.3 is 0 Å². The number of nitrogens with two attached hydrogens (primary N) is 1. The van der Waals surface area contributed by atoms with Crippen LogP contribution in [-0.2, 0) is 5.41 Å². The Labute approximate surface area is 82.7 Å². The van der Waals surface area contributed by atoms with Crippen molar-refractivity contribution in [3.8, 4) is 0 Å². The second-order valence-electron chi connectivity index (χ2n) is 3.78. The first-order valence-corrected chi connectivity index (χ1v) is 5.18. The molecule has 1 fully saturated rings. The Morgan fingerprint density at radius 3 is 2.85 bits per heavy atom. The van der Waals surface area contributed by atoms with Crippen molar-refractivity contribution >= 4 is 17.4 Å². The lowest BCUT2D eigenvalue weighted by Crippen LogP contribution is -2.07. The molecule has 1 saturated carbocycles. The molecule has 72 valence electrons. The summed E-state index contributed by atoms with van der Waals surface area (Å²) < 4.78 is 0. The summed E-state index contributed by atoms with van der Waals surface area (Å²) in [5.74, 6) is 1.33. The largest absolute Gasteiger partial charge is 0.382 e. The molecule has 0 amide bonds. The fraction of sp³-hybridized carbons (Fsp3) is 0.667. The maximum Gasteiger partial charge on any atom is 0.145 e. The average molecular weight is 200 g/mol. The molecule has 2 rings (SSSR count). The van der Waals surface area contributed by atoms with Gasteiger partial charge in [-0.05, 0) is 25.7 Å². The van der Waals surface area contributed by atoms with E-state index in [1.54, 1.807) is 0 Å². The smallest absolute Gasteiger partial charge is 0.145 e. The van der Waals surface area contributed by atoms with E-state index in [0.717, 1.165) is 18.7 Å². The zero-order valence-electron chi connectivity index (χ0n) is 7.52. The van der Waals surface area contributed by atoms with E-state index < -0.39 is 0 Å². The predicted molar refractivity (Wildman–Crippen MR) is 53.9 cm³/mol. The van der Waals surface area contributed by atoms with Gasteiger partial charge in [0.25, 0.3) is 0 Å². The van der Waals surface area contributed by atoms with Gasteiger partial charge in [-0.3, -0.25) is 5.10 Å². The Kier molecular flexibility index (Phi) is 2.20. The van der Waals surface area contributed by atoms with Crippen LogP contribution in [0.1, 0.15) is 31.4 Å². The summed E-state index contributed by atoms with van der Waals surface area (Å²) in [5.41, 5.74) is 7.09. The molecule has 0 aromatic carbocycles. The SMILES string of the molecule is Nc1cc(C2(CCCCl)CC2)[nH]n1. The Balaban J connectivity index is 2.07. The fourth-order valence-corrected chi connectivity index (χ4v) is 1.95. The van der Waals surface area contributed by atoms with Crippen molar-refractivity contribution in [2.45, 2.75) is 31.1 Å². The minimum atomic E-state index is 0.333. The molecule has 3 N–H and O–H groups in total. The van der Waals surface area contributed by atoms with Crippen LogP contribution in [0.2, 0.25) is 0 Å². The molecule has 1 aliphatic rings. The number of anilines is 1. The number of nitrogen functional groups attached to an aromatic ring is 1. The number of aromatic nitrogens is 2. The quantitative estimate of drug-likeness (QED) is 0.730. The van der Waals surface area contributed by atoms with Gasteiger partial charge in [0.2, 0.25) is 0 Å².